The number of amides is 2. The molecular weight excluding hydrogens is 364 g/mol. The standard InChI is InChI=1S/C23H24N4O2/c1-2-26-20-14-17(22(28)25-18-8-6-7-16(13-18)15-24)10-11-19(20)23(29)27-12-5-3-4-9-21(26)27/h6-8,10-11,13-14,21H,2-5,9,12H2,1H3,(H,25,28)/t21-/m1/s1. The number of nitriles is 1. The van der Waals surface area contributed by atoms with Gasteiger partial charge < -0.3 is 15.1 Å². The lowest BCUT2D eigenvalue weighted by Crippen LogP contribution is -2.55. The molecule has 0 radical (unpaired) electrons. The molecule has 0 aliphatic carbocycles. The number of fused-ring (bicyclic) bond motifs is 2. The molecule has 1 N–H and O–H groups in total. The van der Waals surface area contributed by atoms with E-state index in [1.54, 1.807) is 36.4 Å². The molecule has 6 nitrogen and oxygen atoms in total. The van der Waals surface area contributed by atoms with E-state index in [2.05, 4.69) is 23.2 Å². The van der Waals surface area contributed by atoms with Gasteiger partial charge in [-0.2, -0.15) is 5.26 Å². The molecule has 6 heteroatoms. The molecule has 2 aromatic carbocycles. The minimum Gasteiger partial charge on any atom is -0.351 e. The molecule has 4 rings (SSSR count). The van der Waals surface area contributed by atoms with Crippen molar-refractivity contribution in [3.63, 3.8) is 0 Å². The molecule has 29 heavy (non-hydrogen) atoms. The van der Waals surface area contributed by atoms with Crippen molar-refractivity contribution < 1.29 is 9.59 Å². The van der Waals surface area contributed by atoms with Crippen LogP contribution in [0, 0.1) is 11.3 Å². The van der Waals surface area contributed by atoms with Crippen LogP contribution >= 0.6 is 0 Å². The van der Waals surface area contributed by atoms with Gasteiger partial charge >= 0.3 is 0 Å². The van der Waals surface area contributed by atoms with E-state index in [4.69, 9.17) is 5.26 Å². The molecule has 0 saturated carbocycles. The van der Waals surface area contributed by atoms with Gasteiger partial charge in [0.1, 0.15) is 6.17 Å². The highest BCUT2D eigenvalue weighted by Crippen LogP contribution is 2.35. The summed E-state index contributed by atoms with van der Waals surface area (Å²) in [4.78, 5) is 30.1. The Labute approximate surface area is 170 Å². The van der Waals surface area contributed by atoms with Crippen molar-refractivity contribution >= 4 is 23.2 Å². The minimum atomic E-state index is -0.255. The van der Waals surface area contributed by atoms with Gasteiger partial charge in [-0.25, -0.2) is 0 Å². The number of carbonyl (C=O) groups excluding carboxylic acids is 2. The number of nitrogens with one attached hydrogen (secondary N) is 1. The van der Waals surface area contributed by atoms with Crippen molar-refractivity contribution in [2.45, 2.75) is 38.8 Å². The number of rotatable bonds is 3. The first-order valence-corrected chi connectivity index (χ1v) is 10.2. The summed E-state index contributed by atoms with van der Waals surface area (Å²) in [7, 11) is 0. The van der Waals surface area contributed by atoms with E-state index in [0.717, 1.165) is 44.5 Å². The summed E-state index contributed by atoms with van der Waals surface area (Å²) in [5.41, 5.74) is 3.06. The maximum atomic E-state index is 13.1. The molecule has 1 atom stereocenters. The van der Waals surface area contributed by atoms with E-state index in [1.807, 2.05) is 11.0 Å². The lowest BCUT2D eigenvalue weighted by atomic mass is 10.0. The molecule has 0 unspecified atom stereocenters. The predicted molar refractivity (Wildman–Crippen MR) is 112 cm³/mol. The van der Waals surface area contributed by atoms with Crippen molar-refractivity contribution in [3.8, 4) is 6.07 Å². The zero-order valence-electron chi connectivity index (χ0n) is 16.5. The number of carbonyl (C=O) groups is 2. The topological polar surface area (TPSA) is 76.4 Å². The first kappa shape index (κ1) is 19.0. The third kappa shape index (κ3) is 3.56. The maximum absolute atomic E-state index is 13.1. The molecule has 2 heterocycles. The fraction of sp³-hybridized carbons (Fsp3) is 0.348. The number of nitrogens with zero attached hydrogens (tertiary/aromatic N) is 3. The average Bonchev–Trinajstić information content (AvgIpc) is 3.00. The first-order chi connectivity index (χ1) is 14.1. The van der Waals surface area contributed by atoms with Crippen molar-refractivity contribution in [2.24, 2.45) is 0 Å². The minimum absolute atomic E-state index is 0.0604. The van der Waals surface area contributed by atoms with Crippen LogP contribution in [0.5, 0.6) is 0 Å². The third-order valence-corrected chi connectivity index (χ3v) is 5.73. The molecule has 2 aliphatic rings. The first-order valence-electron chi connectivity index (χ1n) is 10.2. The van der Waals surface area contributed by atoms with Gasteiger partial charge in [0.15, 0.2) is 0 Å². The summed E-state index contributed by atoms with van der Waals surface area (Å²) < 4.78 is 0. The second kappa shape index (κ2) is 7.96. The van der Waals surface area contributed by atoms with E-state index >= 15 is 0 Å². The second-order valence-electron chi connectivity index (χ2n) is 7.49. The van der Waals surface area contributed by atoms with Crippen molar-refractivity contribution in [2.75, 3.05) is 23.3 Å². The van der Waals surface area contributed by atoms with Crippen LogP contribution in [0.1, 0.15) is 58.9 Å². The van der Waals surface area contributed by atoms with Gasteiger partial charge in [-0.15, -0.1) is 0 Å². The van der Waals surface area contributed by atoms with Crippen LogP contribution in [-0.2, 0) is 0 Å². The summed E-state index contributed by atoms with van der Waals surface area (Å²) in [5.74, 6) is -0.194. The average molecular weight is 388 g/mol. The quantitative estimate of drug-likeness (QED) is 0.862. The molecule has 1 fully saturated rings. The monoisotopic (exact) mass is 388 g/mol. The third-order valence-electron chi connectivity index (χ3n) is 5.73. The smallest absolute Gasteiger partial charge is 0.257 e. The van der Waals surface area contributed by atoms with E-state index < -0.39 is 0 Å². The summed E-state index contributed by atoms with van der Waals surface area (Å²) >= 11 is 0. The Bertz CT molecular complexity index is 995. The molecule has 148 valence electrons. The van der Waals surface area contributed by atoms with Crippen LogP contribution < -0.4 is 10.2 Å². The molecule has 0 spiro atoms. The Morgan fingerprint density at radius 2 is 2.07 bits per heavy atom. The van der Waals surface area contributed by atoms with Crippen LogP contribution in [0.15, 0.2) is 42.5 Å². The van der Waals surface area contributed by atoms with Gasteiger partial charge in [-0.3, -0.25) is 9.59 Å². The lowest BCUT2D eigenvalue weighted by molar-refractivity contribution is 0.0656. The van der Waals surface area contributed by atoms with E-state index in [1.165, 1.54) is 0 Å². The maximum Gasteiger partial charge on any atom is 0.257 e. The van der Waals surface area contributed by atoms with Crippen molar-refractivity contribution in [1.82, 2.24) is 4.90 Å². The highest BCUT2D eigenvalue weighted by molar-refractivity contribution is 6.08. The predicted octanol–water partition coefficient (Wildman–Crippen LogP) is 3.99. The normalized spacial score (nSPS) is 18.3. The SMILES string of the molecule is CCN1c2cc(C(=O)Nc3cccc(C#N)c3)ccc2C(=O)N2CCCCC[C@@H]21. The van der Waals surface area contributed by atoms with Crippen molar-refractivity contribution in [3.05, 3.63) is 59.2 Å². The van der Waals surface area contributed by atoms with Crippen LogP contribution in [0.25, 0.3) is 0 Å². The van der Waals surface area contributed by atoms with Crippen LogP contribution in [-0.4, -0.2) is 36.0 Å². The summed E-state index contributed by atoms with van der Waals surface area (Å²) in [5, 5.41) is 11.9. The van der Waals surface area contributed by atoms with Crippen LogP contribution in [0.3, 0.4) is 0 Å². The molecule has 0 aromatic heterocycles. The highest BCUT2D eigenvalue weighted by atomic mass is 16.2. The Morgan fingerprint density at radius 1 is 1.21 bits per heavy atom. The molecule has 2 amide bonds. The summed E-state index contributed by atoms with van der Waals surface area (Å²) in [6, 6.07) is 14.2. The number of anilines is 2. The largest absolute Gasteiger partial charge is 0.351 e. The Kier molecular flexibility index (Phi) is 5.22. The lowest BCUT2D eigenvalue weighted by Gasteiger charge is -2.44. The van der Waals surface area contributed by atoms with Gasteiger partial charge in [0, 0.05) is 24.3 Å². The van der Waals surface area contributed by atoms with Gasteiger partial charge in [0.25, 0.3) is 11.8 Å². The number of benzene rings is 2. The highest BCUT2D eigenvalue weighted by Gasteiger charge is 2.37. The molecular formula is C23H24N4O2. The zero-order chi connectivity index (χ0) is 20.4. The summed E-state index contributed by atoms with van der Waals surface area (Å²) in [6.07, 6.45) is 4.31. The Hall–Kier alpha value is -3.33. The number of hydrogen-bond acceptors (Lipinski definition) is 4. The van der Waals surface area contributed by atoms with Crippen LogP contribution in [0.2, 0.25) is 0 Å². The molecule has 0 bridgehead atoms. The molecule has 1 saturated heterocycles. The van der Waals surface area contributed by atoms with Gasteiger partial charge in [0.05, 0.1) is 22.9 Å². The van der Waals surface area contributed by atoms with Gasteiger partial charge in [0.2, 0.25) is 0 Å². The zero-order valence-corrected chi connectivity index (χ0v) is 16.5. The Morgan fingerprint density at radius 3 is 2.86 bits per heavy atom. The molecule has 2 aromatic rings. The van der Waals surface area contributed by atoms with E-state index in [9.17, 15) is 9.59 Å². The fourth-order valence-electron chi connectivity index (χ4n) is 4.31. The fourth-order valence-corrected chi connectivity index (χ4v) is 4.31. The van der Waals surface area contributed by atoms with E-state index in [-0.39, 0.29) is 18.0 Å². The van der Waals surface area contributed by atoms with Gasteiger partial charge in [-0.1, -0.05) is 12.5 Å². The van der Waals surface area contributed by atoms with Crippen molar-refractivity contribution in [1.29, 1.82) is 5.26 Å². The Balaban J connectivity index is 1.65. The van der Waals surface area contributed by atoms with Gasteiger partial charge in [-0.05, 0) is 62.6 Å². The molecule has 2 aliphatic heterocycles. The van der Waals surface area contributed by atoms with E-state index in [0.29, 0.717) is 22.4 Å². The number of hydrogen-bond donors (Lipinski definition) is 1. The van der Waals surface area contributed by atoms with Crippen LogP contribution in [0.4, 0.5) is 11.4 Å². The second-order valence-corrected chi connectivity index (χ2v) is 7.49. The summed E-state index contributed by atoms with van der Waals surface area (Å²) in [6.45, 7) is 3.65.